The quantitative estimate of drug-likeness (QED) is 0.866. The molecule has 1 spiro atoms. The molecule has 2 aliphatic rings. The number of rotatable bonds is 3. The highest BCUT2D eigenvalue weighted by molar-refractivity contribution is 6.12. The predicted molar refractivity (Wildman–Crippen MR) is 72.7 cm³/mol. The zero-order chi connectivity index (χ0) is 13.6. The van der Waals surface area contributed by atoms with Crippen LogP contribution in [0, 0.1) is 11.8 Å². The number of hydrogen-bond acceptors (Lipinski definition) is 2. The number of amides is 2. The van der Waals surface area contributed by atoms with Crippen molar-refractivity contribution in [3.8, 4) is 0 Å². The molecule has 0 radical (unpaired) electrons. The topological polar surface area (TPSA) is 58.2 Å². The molecular formula is C15H18N2O2. The summed E-state index contributed by atoms with van der Waals surface area (Å²) in [4.78, 5) is 24.3. The van der Waals surface area contributed by atoms with Gasteiger partial charge in [0.25, 0.3) is 0 Å². The first kappa shape index (κ1) is 12.2. The van der Waals surface area contributed by atoms with E-state index in [1.165, 1.54) is 0 Å². The molecule has 1 aliphatic carbocycles. The Balaban J connectivity index is 1.80. The number of benzene rings is 1. The molecule has 1 fully saturated rings. The van der Waals surface area contributed by atoms with Crippen LogP contribution in [0.15, 0.2) is 24.3 Å². The monoisotopic (exact) mass is 258 g/mol. The van der Waals surface area contributed by atoms with Crippen molar-refractivity contribution in [1.82, 2.24) is 5.32 Å². The van der Waals surface area contributed by atoms with E-state index in [0.29, 0.717) is 18.9 Å². The fraction of sp³-hybridized carbons (Fsp3) is 0.467. The van der Waals surface area contributed by atoms with Crippen molar-refractivity contribution in [1.29, 1.82) is 0 Å². The molecule has 0 aromatic heterocycles. The predicted octanol–water partition coefficient (Wildman–Crippen LogP) is 1.67. The van der Waals surface area contributed by atoms with Crippen LogP contribution in [0.2, 0.25) is 0 Å². The summed E-state index contributed by atoms with van der Waals surface area (Å²) < 4.78 is 0. The van der Waals surface area contributed by atoms with E-state index in [0.717, 1.165) is 11.3 Å². The van der Waals surface area contributed by atoms with Crippen molar-refractivity contribution >= 4 is 17.5 Å². The zero-order valence-corrected chi connectivity index (χ0v) is 11.2. The number of carbonyl (C=O) groups is 2. The van der Waals surface area contributed by atoms with Gasteiger partial charge in [-0.15, -0.1) is 0 Å². The molecule has 1 saturated carbocycles. The average molecular weight is 258 g/mol. The minimum Gasteiger partial charge on any atom is -0.356 e. The Bertz CT molecular complexity index is 553. The lowest BCUT2D eigenvalue weighted by Crippen LogP contribution is -2.33. The van der Waals surface area contributed by atoms with E-state index < -0.39 is 5.41 Å². The molecule has 2 amide bonds. The van der Waals surface area contributed by atoms with Crippen molar-refractivity contribution in [2.75, 3.05) is 11.9 Å². The minimum absolute atomic E-state index is 0.000512. The summed E-state index contributed by atoms with van der Waals surface area (Å²) in [5.74, 6) is 0.178. The summed E-state index contributed by atoms with van der Waals surface area (Å²) in [7, 11) is 0. The van der Waals surface area contributed by atoms with Crippen molar-refractivity contribution in [3.05, 3.63) is 29.8 Å². The summed E-state index contributed by atoms with van der Waals surface area (Å²) in [5.41, 5.74) is 1.23. The second-order valence-electron chi connectivity index (χ2n) is 5.87. The van der Waals surface area contributed by atoms with E-state index in [-0.39, 0.29) is 17.7 Å². The van der Waals surface area contributed by atoms with Gasteiger partial charge < -0.3 is 10.6 Å². The van der Waals surface area contributed by atoms with Crippen LogP contribution in [0.1, 0.15) is 25.8 Å². The maximum atomic E-state index is 12.2. The van der Waals surface area contributed by atoms with Gasteiger partial charge in [-0.05, 0) is 24.0 Å². The van der Waals surface area contributed by atoms with Gasteiger partial charge in [-0.3, -0.25) is 9.59 Å². The number of carbonyl (C=O) groups excluding carboxylic acids is 2. The van der Waals surface area contributed by atoms with E-state index in [1.54, 1.807) is 0 Å². The van der Waals surface area contributed by atoms with Crippen LogP contribution in [-0.4, -0.2) is 18.4 Å². The fourth-order valence-electron chi connectivity index (χ4n) is 2.89. The molecule has 0 bridgehead atoms. The van der Waals surface area contributed by atoms with E-state index in [2.05, 4.69) is 24.5 Å². The molecule has 2 unspecified atom stereocenters. The van der Waals surface area contributed by atoms with Gasteiger partial charge in [-0.2, -0.15) is 0 Å². The van der Waals surface area contributed by atoms with Crippen LogP contribution in [-0.2, 0) is 15.0 Å². The first-order valence-electron chi connectivity index (χ1n) is 6.74. The molecule has 0 saturated heterocycles. The second-order valence-corrected chi connectivity index (χ2v) is 5.87. The highest BCUT2D eigenvalue weighted by Gasteiger charge is 2.67. The molecule has 100 valence electrons. The van der Waals surface area contributed by atoms with Crippen LogP contribution < -0.4 is 10.6 Å². The third-order valence-corrected chi connectivity index (χ3v) is 4.02. The smallest absolute Gasteiger partial charge is 0.235 e. The van der Waals surface area contributed by atoms with Gasteiger partial charge in [0.15, 0.2) is 0 Å². The molecule has 3 rings (SSSR count). The molecule has 19 heavy (non-hydrogen) atoms. The van der Waals surface area contributed by atoms with Crippen molar-refractivity contribution < 1.29 is 9.59 Å². The molecule has 1 aromatic rings. The first-order valence-corrected chi connectivity index (χ1v) is 6.74. The second kappa shape index (κ2) is 4.08. The van der Waals surface area contributed by atoms with Gasteiger partial charge in [0, 0.05) is 12.2 Å². The standard InChI is InChI=1S/C15H18N2O2/c1-9(2)8-16-13(18)11-7-15(11)10-5-3-4-6-12(10)17-14(15)19/h3-6,9,11H,7-8H2,1-2H3,(H,16,18)(H,17,19). The van der Waals surface area contributed by atoms with Gasteiger partial charge in [-0.1, -0.05) is 32.0 Å². The molecule has 2 N–H and O–H groups in total. The number of anilines is 1. The van der Waals surface area contributed by atoms with Crippen LogP contribution in [0.25, 0.3) is 0 Å². The third kappa shape index (κ3) is 1.74. The first-order chi connectivity index (χ1) is 9.05. The summed E-state index contributed by atoms with van der Waals surface area (Å²) in [6.07, 6.45) is 0.625. The zero-order valence-electron chi connectivity index (χ0n) is 11.2. The largest absolute Gasteiger partial charge is 0.356 e. The van der Waals surface area contributed by atoms with E-state index in [4.69, 9.17) is 0 Å². The summed E-state index contributed by atoms with van der Waals surface area (Å²) >= 11 is 0. The van der Waals surface area contributed by atoms with Crippen LogP contribution in [0.3, 0.4) is 0 Å². The molecule has 2 atom stereocenters. The Morgan fingerprint density at radius 2 is 2.21 bits per heavy atom. The van der Waals surface area contributed by atoms with E-state index >= 15 is 0 Å². The highest BCUT2D eigenvalue weighted by atomic mass is 16.2. The Labute approximate surface area is 112 Å². The molecule has 1 heterocycles. The van der Waals surface area contributed by atoms with Gasteiger partial charge in [-0.25, -0.2) is 0 Å². The lowest BCUT2D eigenvalue weighted by molar-refractivity contribution is -0.125. The van der Waals surface area contributed by atoms with Crippen LogP contribution in [0.5, 0.6) is 0 Å². The summed E-state index contributed by atoms with van der Waals surface area (Å²) in [6, 6.07) is 7.66. The Morgan fingerprint density at radius 3 is 2.95 bits per heavy atom. The van der Waals surface area contributed by atoms with Gasteiger partial charge in [0.05, 0.1) is 11.3 Å². The van der Waals surface area contributed by atoms with E-state index in [1.807, 2.05) is 24.3 Å². The molecule has 1 aromatic carbocycles. The van der Waals surface area contributed by atoms with Crippen molar-refractivity contribution in [2.24, 2.45) is 11.8 Å². The Kier molecular flexibility index (Phi) is 2.62. The van der Waals surface area contributed by atoms with Crippen molar-refractivity contribution in [3.63, 3.8) is 0 Å². The molecular weight excluding hydrogens is 240 g/mol. The SMILES string of the molecule is CC(C)CNC(=O)C1CC12C(=O)Nc1ccccc12. The molecule has 4 nitrogen and oxygen atoms in total. The number of para-hydroxylation sites is 1. The Hall–Kier alpha value is -1.84. The normalized spacial score (nSPS) is 27.3. The average Bonchev–Trinajstić information content (AvgIpc) is 3.06. The lowest BCUT2D eigenvalue weighted by Gasteiger charge is -2.10. The lowest BCUT2D eigenvalue weighted by atomic mass is 9.94. The van der Waals surface area contributed by atoms with E-state index in [9.17, 15) is 9.59 Å². The maximum absolute atomic E-state index is 12.2. The maximum Gasteiger partial charge on any atom is 0.235 e. The third-order valence-electron chi connectivity index (χ3n) is 4.02. The Morgan fingerprint density at radius 1 is 1.47 bits per heavy atom. The van der Waals surface area contributed by atoms with Crippen molar-refractivity contribution in [2.45, 2.75) is 25.7 Å². The molecule has 4 heteroatoms. The summed E-state index contributed by atoms with van der Waals surface area (Å²) in [5, 5.41) is 5.81. The summed E-state index contributed by atoms with van der Waals surface area (Å²) in [6.45, 7) is 4.77. The fourth-order valence-corrected chi connectivity index (χ4v) is 2.89. The number of hydrogen-bond donors (Lipinski definition) is 2. The molecule has 1 aliphatic heterocycles. The minimum atomic E-state index is -0.600. The number of fused-ring (bicyclic) bond motifs is 2. The van der Waals surface area contributed by atoms with Gasteiger partial charge in [0.1, 0.15) is 0 Å². The number of nitrogens with one attached hydrogen (secondary N) is 2. The van der Waals surface area contributed by atoms with Crippen LogP contribution in [0.4, 0.5) is 5.69 Å². The van der Waals surface area contributed by atoms with Gasteiger partial charge in [0.2, 0.25) is 11.8 Å². The van der Waals surface area contributed by atoms with Crippen LogP contribution >= 0.6 is 0 Å². The van der Waals surface area contributed by atoms with Gasteiger partial charge >= 0.3 is 0 Å². The highest BCUT2D eigenvalue weighted by Crippen LogP contribution is 2.59.